The van der Waals surface area contributed by atoms with E-state index in [4.69, 9.17) is 4.74 Å². The van der Waals surface area contributed by atoms with E-state index >= 15 is 0 Å². The summed E-state index contributed by atoms with van der Waals surface area (Å²) in [6.07, 6.45) is -4.54. The van der Waals surface area contributed by atoms with Crippen molar-refractivity contribution in [3.8, 4) is 0 Å². The van der Waals surface area contributed by atoms with Crippen LogP contribution in [0.2, 0.25) is 0 Å². The number of carbonyl (C=O) groups is 1. The van der Waals surface area contributed by atoms with Gasteiger partial charge in [-0.2, -0.15) is 13.2 Å². The number of esters is 1. The van der Waals surface area contributed by atoms with Crippen LogP contribution in [0.15, 0.2) is 41.3 Å². The minimum Gasteiger partial charge on any atom is -0.456 e. The van der Waals surface area contributed by atoms with Crippen molar-refractivity contribution in [2.45, 2.75) is 50.4 Å². The van der Waals surface area contributed by atoms with Crippen LogP contribution in [0.5, 0.6) is 0 Å². The van der Waals surface area contributed by atoms with Gasteiger partial charge in [0.15, 0.2) is 0 Å². The van der Waals surface area contributed by atoms with Gasteiger partial charge < -0.3 is 4.74 Å². The van der Waals surface area contributed by atoms with Crippen LogP contribution in [0.25, 0.3) is 0 Å². The predicted octanol–water partition coefficient (Wildman–Crippen LogP) is 4.76. The quantitative estimate of drug-likeness (QED) is 0.688. The lowest BCUT2D eigenvalue weighted by Crippen LogP contribution is -2.26. The molecular weight excluding hydrogens is 415 g/mol. The van der Waals surface area contributed by atoms with E-state index in [-0.39, 0.29) is 4.90 Å². The lowest BCUT2D eigenvalue weighted by atomic mass is 10.2. The van der Waals surface area contributed by atoms with Gasteiger partial charge in [-0.3, -0.25) is 0 Å². The van der Waals surface area contributed by atoms with Crippen LogP contribution in [-0.2, 0) is 20.9 Å². The Labute approximate surface area is 165 Å². The Morgan fingerprint density at radius 3 is 2.14 bits per heavy atom. The second-order valence-corrected chi connectivity index (χ2v) is 9.90. The summed E-state index contributed by atoms with van der Waals surface area (Å²) in [5, 5.41) is 0. The summed E-state index contributed by atoms with van der Waals surface area (Å²) in [5.41, 5.74) is -1.59. The lowest BCUT2D eigenvalue weighted by Gasteiger charge is -2.18. The highest BCUT2D eigenvalue weighted by molar-refractivity contribution is 7.89. The Hall–Kier alpha value is -1.91. The Bertz CT molecular complexity index is 942. The second kappa shape index (κ2) is 7.84. The van der Waals surface area contributed by atoms with Gasteiger partial charge in [0, 0.05) is 4.88 Å². The molecule has 28 heavy (non-hydrogen) atoms. The highest BCUT2D eigenvalue weighted by Gasteiger charge is 2.31. The van der Waals surface area contributed by atoms with E-state index in [1.807, 2.05) is 0 Å². The normalized spacial score (nSPS) is 14.0. The Kier molecular flexibility index (Phi) is 6.27. The summed E-state index contributed by atoms with van der Waals surface area (Å²) < 4.78 is 70.4. The summed E-state index contributed by atoms with van der Waals surface area (Å²) in [7, 11) is -4.04. The van der Waals surface area contributed by atoms with Crippen LogP contribution in [-0.4, -0.2) is 20.0 Å². The van der Waals surface area contributed by atoms with E-state index in [2.05, 4.69) is 4.72 Å². The van der Waals surface area contributed by atoms with Crippen molar-refractivity contribution < 1.29 is 31.1 Å². The monoisotopic (exact) mass is 435 g/mol. The molecule has 0 amide bonds. The fourth-order valence-corrected chi connectivity index (χ4v) is 4.39. The molecule has 1 aromatic heterocycles. The number of halogens is 3. The molecule has 0 radical (unpaired) electrons. The number of ether oxygens (including phenoxy) is 1. The van der Waals surface area contributed by atoms with Crippen LogP contribution >= 0.6 is 11.3 Å². The molecule has 1 unspecified atom stereocenters. The third kappa shape index (κ3) is 5.79. The van der Waals surface area contributed by atoms with Gasteiger partial charge >= 0.3 is 12.1 Å². The van der Waals surface area contributed by atoms with Crippen molar-refractivity contribution in [2.75, 3.05) is 0 Å². The standard InChI is InChI=1S/C18H20F3NO4S2/c1-11(14-9-10-15(27-14)16(23)26-17(2,3)4)22-28(24,25)13-7-5-12(6-8-13)18(19,20)21/h5-11,22H,1-4H3. The van der Waals surface area contributed by atoms with Gasteiger partial charge in [0.1, 0.15) is 10.5 Å². The van der Waals surface area contributed by atoms with Gasteiger partial charge in [0.2, 0.25) is 10.0 Å². The summed E-state index contributed by atoms with van der Waals surface area (Å²) >= 11 is 1.08. The smallest absolute Gasteiger partial charge is 0.416 e. The molecule has 10 heteroatoms. The molecule has 0 saturated carbocycles. The van der Waals surface area contributed by atoms with E-state index in [1.165, 1.54) is 6.07 Å². The number of thiophene rings is 1. The average molecular weight is 435 g/mol. The van der Waals surface area contributed by atoms with Crippen LogP contribution in [0.4, 0.5) is 13.2 Å². The lowest BCUT2D eigenvalue weighted by molar-refractivity contribution is -0.137. The van der Waals surface area contributed by atoms with Gasteiger partial charge in [-0.1, -0.05) is 0 Å². The van der Waals surface area contributed by atoms with Gasteiger partial charge in [-0.15, -0.1) is 11.3 Å². The molecule has 5 nitrogen and oxygen atoms in total. The van der Waals surface area contributed by atoms with Gasteiger partial charge in [-0.05, 0) is 64.1 Å². The highest BCUT2D eigenvalue weighted by Crippen LogP contribution is 2.30. The largest absolute Gasteiger partial charge is 0.456 e. The average Bonchev–Trinajstić information content (AvgIpc) is 3.02. The van der Waals surface area contributed by atoms with E-state index in [1.54, 1.807) is 33.8 Å². The summed E-state index contributed by atoms with van der Waals surface area (Å²) in [4.78, 5) is 12.7. The van der Waals surface area contributed by atoms with Gasteiger partial charge in [0.25, 0.3) is 0 Å². The SMILES string of the molecule is CC(NS(=O)(=O)c1ccc(C(F)(F)F)cc1)c1ccc(C(=O)OC(C)(C)C)s1. The molecule has 0 aliphatic rings. The van der Waals surface area contributed by atoms with Crippen LogP contribution in [0, 0.1) is 0 Å². The molecule has 1 atom stereocenters. The maximum absolute atomic E-state index is 12.6. The molecule has 1 aromatic carbocycles. The zero-order valence-corrected chi connectivity index (χ0v) is 17.3. The minimum absolute atomic E-state index is 0.281. The third-order valence-electron chi connectivity index (χ3n) is 3.48. The van der Waals surface area contributed by atoms with Crippen molar-refractivity contribution in [3.63, 3.8) is 0 Å². The zero-order chi connectivity index (χ0) is 21.3. The number of hydrogen-bond acceptors (Lipinski definition) is 5. The van der Waals surface area contributed by atoms with Crippen molar-refractivity contribution in [3.05, 3.63) is 51.7 Å². The van der Waals surface area contributed by atoms with Crippen molar-refractivity contribution in [1.29, 1.82) is 0 Å². The maximum Gasteiger partial charge on any atom is 0.416 e. The molecule has 0 aliphatic heterocycles. The molecular formula is C18H20F3NO4S2. The van der Waals surface area contributed by atoms with E-state index in [9.17, 15) is 26.4 Å². The van der Waals surface area contributed by atoms with Crippen molar-refractivity contribution >= 4 is 27.3 Å². The molecule has 2 aromatic rings. The molecule has 0 aliphatic carbocycles. The highest BCUT2D eigenvalue weighted by atomic mass is 32.2. The van der Waals surface area contributed by atoms with Crippen LogP contribution in [0.3, 0.4) is 0 Å². The van der Waals surface area contributed by atoms with Crippen molar-refractivity contribution in [2.24, 2.45) is 0 Å². The zero-order valence-electron chi connectivity index (χ0n) is 15.6. The van der Waals surface area contributed by atoms with Crippen LogP contribution in [0.1, 0.15) is 53.8 Å². The topological polar surface area (TPSA) is 72.5 Å². The van der Waals surface area contributed by atoms with Crippen molar-refractivity contribution in [1.82, 2.24) is 4.72 Å². The first-order valence-electron chi connectivity index (χ1n) is 8.22. The number of benzene rings is 1. The molecule has 1 heterocycles. The summed E-state index contributed by atoms with van der Waals surface area (Å²) in [6, 6.07) is 5.68. The Morgan fingerprint density at radius 2 is 1.64 bits per heavy atom. The molecule has 0 spiro atoms. The number of sulfonamides is 1. The first-order valence-corrected chi connectivity index (χ1v) is 10.5. The number of alkyl halides is 3. The van der Waals surface area contributed by atoms with E-state index < -0.39 is 39.4 Å². The molecule has 2 rings (SSSR count). The molecule has 0 bridgehead atoms. The number of hydrogen-bond donors (Lipinski definition) is 1. The Morgan fingerprint density at radius 1 is 1.07 bits per heavy atom. The molecule has 1 N–H and O–H groups in total. The number of rotatable bonds is 5. The van der Waals surface area contributed by atoms with Gasteiger partial charge in [-0.25, -0.2) is 17.9 Å². The maximum atomic E-state index is 12.6. The summed E-state index contributed by atoms with van der Waals surface area (Å²) in [5.74, 6) is -0.512. The van der Waals surface area contributed by atoms with Gasteiger partial charge in [0.05, 0.1) is 16.5 Å². The fraction of sp³-hybridized carbons (Fsp3) is 0.389. The molecule has 154 valence electrons. The number of nitrogens with one attached hydrogen (secondary N) is 1. The molecule has 0 saturated heterocycles. The fourth-order valence-electron chi connectivity index (χ4n) is 2.21. The molecule has 0 fully saturated rings. The Balaban J connectivity index is 2.13. The first kappa shape index (κ1) is 22.4. The third-order valence-corrected chi connectivity index (χ3v) is 6.28. The summed E-state index contributed by atoms with van der Waals surface area (Å²) in [6.45, 7) is 6.78. The van der Waals surface area contributed by atoms with Crippen LogP contribution < -0.4 is 4.72 Å². The first-order chi connectivity index (χ1) is 12.7. The predicted molar refractivity (Wildman–Crippen MR) is 99.7 cm³/mol. The van der Waals surface area contributed by atoms with E-state index in [0.29, 0.717) is 21.9 Å². The van der Waals surface area contributed by atoms with E-state index in [0.717, 1.165) is 23.5 Å². The number of carbonyl (C=O) groups excluding carboxylic acids is 1. The minimum atomic E-state index is -4.54. The second-order valence-electron chi connectivity index (χ2n) is 7.07.